The van der Waals surface area contributed by atoms with Gasteiger partial charge < -0.3 is 14.5 Å². The van der Waals surface area contributed by atoms with Crippen molar-refractivity contribution < 1.29 is 14.3 Å². The lowest BCUT2D eigenvalue weighted by Crippen LogP contribution is -2.20. The summed E-state index contributed by atoms with van der Waals surface area (Å²) in [7, 11) is 1.34. The fourth-order valence-corrected chi connectivity index (χ4v) is 2.71. The van der Waals surface area contributed by atoms with E-state index >= 15 is 0 Å². The van der Waals surface area contributed by atoms with E-state index in [1.807, 2.05) is 6.07 Å². The quantitative estimate of drug-likeness (QED) is 0.806. The zero-order chi connectivity index (χ0) is 14.3. The monoisotopic (exact) mass is 273 g/mol. The molecule has 0 saturated carbocycles. The third kappa shape index (κ3) is 1.78. The van der Waals surface area contributed by atoms with Crippen LogP contribution in [0.5, 0.6) is 5.75 Å². The lowest BCUT2D eigenvalue weighted by Gasteiger charge is -2.19. The number of hydrogen-bond acceptors (Lipinski definition) is 4. The number of carbonyl (C=O) groups excluding carboxylic acids is 1. The van der Waals surface area contributed by atoms with Crippen molar-refractivity contribution in [3.8, 4) is 5.75 Å². The Balaban J connectivity index is 2.34. The molecule has 1 aliphatic heterocycles. The maximum atomic E-state index is 12.1. The van der Waals surface area contributed by atoms with Crippen LogP contribution in [0.15, 0.2) is 16.9 Å². The molecular formula is C15H15NO4. The van der Waals surface area contributed by atoms with E-state index in [0.717, 1.165) is 29.4 Å². The average Bonchev–Trinajstić information content (AvgIpc) is 2.48. The standard InChI is InChI=1S/C15H15NO4/c1-8-9(15(18)19-2)5-6-10-11-4-3-7-20-13(11)14(17)16-12(8)10/h5-6H,3-4,7H2,1-2H3,(H,16,17). The Morgan fingerprint density at radius 2 is 2.20 bits per heavy atom. The van der Waals surface area contributed by atoms with Crippen LogP contribution in [0.3, 0.4) is 0 Å². The van der Waals surface area contributed by atoms with Crippen molar-refractivity contribution >= 4 is 16.9 Å². The van der Waals surface area contributed by atoms with Crippen molar-refractivity contribution in [3.63, 3.8) is 0 Å². The molecule has 0 bridgehead atoms. The number of hydrogen-bond donors (Lipinski definition) is 1. The summed E-state index contributed by atoms with van der Waals surface area (Å²) in [6, 6.07) is 3.58. The number of aromatic amines is 1. The second-order valence-electron chi connectivity index (χ2n) is 4.87. The van der Waals surface area contributed by atoms with Crippen molar-refractivity contribution in [3.05, 3.63) is 39.2 Å². The van der Waals surface area contributed by atoms with Crippen molar-refractivity contribution in [1.29, 1.82) is 0 Å². The fraction of sp³-hybridized carbons (Fsp3) is 0.333. The summed E-state index contributed by atoms with van der Waals surface area (Å²) in [5.41, 5.74) is 2.56. The third-order valence-corrected chi connectivity index (χ3v) is 3.73. The molecule has 5 heteroatoms. The second kappa shape index (κ2) is 4.67. The molecule has 2 aromatic rings. The predicted molar refractivity (Wildman–Crippen MR) is 74.5 cm³/mol. The molecule has 2 heterocycles. The minimum atomic E-state index is -0.404. The van der Waals surface area contributed by atoms with Crippen LogP contribution in [0.2, 0.25) is 0 Å². The van der Waals surface area contributed by atoms with Crippen molar-refractivity contribution in [1.82, 2.24) is 4.98 Å². The highest BCUT2D eigenvalue weighted by atomic mass is 16.5. The highest BCUT2D eigenvalue weighted by Crippen LogP contribution is 2.30. The van der Waals surface area contributed by atoms with E-state index in [0.29, 0.717) is 23.4 Å². The first-order valence-electron chi connectivity index (χ1n) is 6.53. The van der Waals surface area contributed by atoms with E-state index < -0.39 is 5.97 Å². The van der Waals surface area contributed by atoms with Crippen LogP contribution < -0.4 is 10.3 Å². The van der Waals surface area contributed by atoms with Gasteiger partial charge in [0.25, 0.3) is 5.56 Å². The molecule has 20 heavy (non-hydrogen) atoms. The number of esters is 1. The second-order valence-corrected chi connectivity index (χ2v) is 4.87. The van der Waals surface area contributed by atoms with Crippen LogP contribution in [-0.4, -0.2) is 24.7 Å². The van der Waals surface area contributed by atoms with Crippen LogP contribution >= 0.6 is 0 Å². The van der Waals surface area contributed by atoms with Gasteiger partial charge in [-0.25, -0.2) is 4.79 Å². The van der Waals surface area contributed by atoms with Gasteiger partial charge in [0.1, 0.15) is 0 Å². The number of nitrogens with one attached hydrogen (secondary N) is 1. The summed E-state index contributed by atoms with van der Waals surface area (Å²) >= 11 is 0. The Kier molecular flexibility index (Phi) is 2.97. The van der Waals surface area contributed by atoms with Gasteiger partial charge in [-0.3, -0.25) is 4.79 Å². The maximum absolute atomic E-state index is 12.1. The Hall–Kier alpha value is -2.30. The molecule has 0 fully saturated rings. The zero-order valence-electron chi connectivity index (χ0n) is 11.4. The number of methoxy groups -OCH3 is 1. The first kappa shape index (κ1) is 12.7. The van der Waals surface area contributed by atoms with Crippen molar-refractivity contribution in [2.75, 3.05) is 13.7 Å². The zero-order valence-corrected chi connectivity index (χ0v) is 11.4. The van der Waals surface area contributed by atoms with Gasteiger partial charge in [-0.15, -0.1) is 0 Å². The molecule has 3 rings (SSSR count). The average molecular weight is 273 g/mol. The van der Waals surface area contributed by atoms with Gasteiger partial charge in [0.2, 0.25) is 0 Å². The molecule has 0 unspecified atom stereocenters. The van der Waals surface area contributed by atoms with Crippen molar-refractivity contribution in [2.24, 2.45) is 0 Å². The summed E-state index contributed by atoms with van der Waals surface area (Å²) in [6.45, 7) is 2.38. The molecular weight excluding hydrogens is 258 g/mol. The highest BCUT2D eigenvalue weighted by molar-refractivity contribution is 5.98. The first-order valence-corrected chi connectivity index (χ1v) is 6.53. The number of benzene rings is 1. The highest BCUT2D eigenvalue weighted by Gasteiger charge is 2.20. The van der Waals surface area contributed by atoms with Crippen LogP contribution in [0.4, 0.5) is 0 Å². The summed E-state index contributed by atoms with van der Waals surface area (Å²) in [5.74, 6) is 0.00758. The van der Waals surface area contributed by atoms with Crippen LogP contribution in [0.1, 0.15) is 27.9 Å². The third-order valence-electron chi connectivity index (χ3n) is 3.73. The lowest BCUT2D eigenvalue weighted by atomic mass is 9.97. The largest absolute Gasteiger partial charge is 0.488 e. The van der Waals surface area contributed by atoms with Crippen molar-refractivity contribution in [2.45, 2.75) is 19.8 Å². The Labute approximate surface area is 115 Å². The summed E-state index contributed by atoms with van der Waals surface area (Å²) in [4.78, 5) is 26.6. The number of aryl methyl sites for hydroxylation is 2. The predicted octanol–water partition coefficient (Wildman–Crippen LogP) is 1.95. The van der Waals surface area contributed by atoms with Gasteiger partial charge in [-0.05, 0) is 31.4 Å². The van der Waals surface area contributed by atoms with E-state index in [1.165, 1.54) is 7.11 Å². The van der Waals surface area contributed by atoms with Gasteiger partial charge in [0.15, 0.2) is 5.75 Å². The minimum Gasteiger partial charge on any atom is -0.488 e. The molecule has 0 radical (unpaired) electrons. The number of pyridine rings is 1. The fourth-order valence-electron chi connectivity index (χ4n) is 2.71. The van der Waals surface area contributed by atoms with Crippen LogP contribution in [0.25, 0.3) is 10.9 Å². The molecule has 5 nitrogen and oxygen atoms in total. The molecule has 1 N–H and O–H groups in total. The van der Waals surface area contributed by atoms with Crippen LogP contribution in [-0.2, 0) is 11.2 Å². The summed E-state index contributed by atoms with van der Waals surface area (Å²) < 4.78 is 10.2. The van der Waals surface area contributed by atoms with E-state index in [2.05, 4.69) is 4.98 Å². The normalized spacial score (nSPS) is 13.7. The van der Waals surface area contributed by atoms with Gasteiger partial charge in [0.05, 0.1) is 24.8 Å². The molecule has 0 saturated heterocycles. The number of aromatic nitrogens is 1. The van der Waals surface area contributed by atoms with Gasteiger partial charge in [0, 0.05) is 10.9 Å². The van der Waals surface area contributed by atoms with E-state index in [4.69, 9.17) is 9.47 Å². The summed E-state index contributed by atoms with van der Waals surface area (Å²) in [6.07, 6.45) is 1.70. The molecule has 104 valence electrons. The number of ether oxygens (including phenoxy) is 2. The molecule has 0 amide bonds. The molecule has 0 aliphatic carbocycles. The maximum Gasteiger partial charge on any atom is 0.338 e. The summed E-state index contributed by atoms with van der Waals surface area (Å²) in [5, 5.41) is 0.935. The SMILES string of the molecule is COC(=O)c1ccc2c3c(c(=O)[nH]c2c1C)OCCC3. The van der Waals surface area contributed by atoms with E-state index in [1.54, 1.807) is 13.0 Å². The minimum absolute atomic E-state index is 0.239. The molecule has 1 aromatic carbocycles. The molecule has 0 atom stereocenters. The molecule has 1 aliphatic rings. The van der Waals surface area contributed by atoms with Crippen LogP contribution in [0, 0.1) is 6.92 Å². The van der Waals surface area contributed by atoms with Gasteiger partial charge in [-0.1, -0.05) is 6.07 Å². The number of carbonyl (C=O) groups is 1. The number of fused-ring (bicyclic) bond motifs is 3. The smallest absolute Gasteiger partial charge is 0.338 e. The number of H-pyrrole nitrogens is 1. The van der Waals surface area contributed by atoms with Gasteiger partial charge in [-0.2, -0.15) is 0 Å². The van der Waals surface area contributed by atoms with Gasteiger partial charge >= 0.3 is 5.97 Å². The topological polar surface area (TPSA) is 68.4 Å². The van der Waals surface area contributed by atoms with E-state index in [-0.39, 0.29) is 5.56 Å². The number of rotatable bonds is 1. The van der Waals surface area contributed by atoms with E-state index in [9.17, 15) is 9.59 Å². The first-order chi connectivity index (χ1) is 9.63. The lowest BCUT2D eigenvalue weighted by molar-refractivity contribution is 0.0600. The Bertz CT molecular complexity index is 761. The Morgan fingerprint density at radius 3 is 2.95 bits per heavy atom. The Morgan fingerprint density at radius 1 is 1.40 bits per heavy atom. The molecule has 1 aromatic heterocycles. The molecule has 0 spiro atoms.